The molecule has 0 amide bonds. The monoisotopic (exact) mass is 254 g/mol. The molecule has 0 aliphatic carbocycles. The fourth-order valence-electron chi connectivity index (χ4n) is 1.65. The average molecular weight is 254 g/mol. The molecule has 4 heteroatoms. The van der Waals surface area contributed by atoms with Crippen LogP contribution in [0.5, 0.6) is 0 Å². The number of thiol groups is 2. The Bertz CT molecular complexity index is 138. The fourth-order valence-corrected chi connectivity index (χ4v) is 3.38. The Hall–Kier alpha value is 1.09. The molecule has 0 saturated carbocycles. The van der Waals surface area contributed by atoms with Gasteiger partial charge >= 0.3 is 0 Å². The van der Waals surface area contributed by atoms with Gasteiger partial charge in [-0.15, -0.1) is 24.5 Å². The Morgan fingerprint density at radius 1 is 1.07 bits per heavy atom. The van der Waals surface area contributed by atoms with Crippen LogP contribution < -0.4 is 0 Å². The Balaban J connectivity index is 4.07. The molecule has 0 fully saturated rings. The zero-order chi connectivity index (χ0) is 11.0. The second-order valence-corrected chi connectivity index (χ2v) is 7.51. The first-order valence-corrected chi connectivity index (χ1v) is 9.03. The smallest absolute Gasteiger partial charge is 0.145 e. The van der Waals surface area contributed by atoms with Gasteiger partial charge in [0.25, 0.3) is 0 Å². The summed E-state index contributed by atoms with van der Waals surface area (Å²) in [6, 6.07) is 0. The van der Waals surface area contributed by atoms with Gasteiger partial charge in [-0.2, -0.15) is 0 Å². The third-order valence-electron chi connectivity index (χ3n) is 2.80. The molecule has 0 aliphatic heterocycles. The zero-order valence-corrected chi connectivity index (χ0v) is 12.2. The minimum absolute atomic E-state index is 0.0321. The highest BCUT2D eigenvalue weighted by atomic mass is 33.1. The van der Waals surface area contributed by atoms with Gasteiger partial charge in [0, 0.05) is 0 Å². The predicted octanol–water partition coefficient (Wildman–Crippen LogP) is 5.23. The highest BCUT2D eigenvalue weighted by Crippen LogP contribution is 2.52. The Labute approximate surface area is 101 Å². The zero-order valence-electron chi connectivity index (χ0n) is 9.49. The van der Waals surface area contributed by atoms with Crippen LogP contribution in [0.25, 0.3) is 0 Å². The molecule has 14 heavy (non-hydrogen) atoms. The van der Waals surface area contributed by atoms with Crippen LogP contribution in [0, 0.1) is 0 Å². The van der Waals surface area contributed by atoms with E-state index in [0.717, 1.165) is 19.3 Å². The SMILES string of the molecule is CCCCCC(CC)(CC)OP(S)S. The van der Waals surface area contributed by atoms with E-state index in [9.17, 15) is 0 Å². The van der Waals surface area contributed by atoms with Gasteiger partial charge in [-0.1, -0.05) is 40.0 Å². The summed E-state index contributed by atoms with van der Waals surface area (Å²) in [5, 5.41) is 0. The van der Waals surface area contributed by atoms with Crippen LogP contribution in [0.4, 0.5) is 0 Å². The van der Waals surface area contributed by atoms with E-state index >= 15 is 0 Å². The first-order valence-electron chi connectivity index (χ1n) is 5.47. The highest BCUT2D eigenvalue weighted by Gasteiger charge is 2.28. The summed E-state index contributed by atoms with van der Waals surface area (Å²) in [4.78, 5) is 0. The molecular formula is C10H23OPS2. The van der Waals surface area contributed by atoms with E-state index in [4.69, 9.17) is 4.52 Å². The third kappa shape index (κ3) is 5.85. The van der Waals surface area contributed by atoms with E-state index in [1.807, 2.05) is 0 Å². The van der Waals surface area contributed by atoms with Gasteiger partial charge in [-0.25, -0.2) is 0 Å². The van der Waals surface area contributed by atoms with Crippen LogP contribution in [-0.2, 0) is 4.52 Å². The number of hydrogen-bond acceptors (Lipinski definition) is 3. The molecule has 0 aromatic heterocycles. The quantitative estimate of drug-likeness (QED) is 0.342. The number of unbranched alkanes of at least 4 members (excludes halogenated alkanes) is 2. The average Bonchev–Trinajstić information content (AvgIpc) is 2.16. The maximum Gasteiger partial charge on any atom is 0.145 e. The summed E-state index contributed by atoms with van der Waals surface area (Å²) in [6.07, 6.45) is 7.08. The Morgan fingerprint density at radius 2 is 1.64 bits per heavy atom. The molecule has 0 atom stereocenters. The molecule has 86 valence electrons. The molecule has 0 unspecified atom stereocenters. The van der Waals surface area contributed by atoms with E-state index < -0.39 is 6.55 Å². The largest absolute Gasteiger partial charge is 0.333 e. The molecule has 0 aliphatic rings. The Morgan fingerprint density at radius 3 is 2.00 bits per heavy atom. The molecule has 0 N–H and O–H groups in total. The van der Waals surface area contributed by atoms with Crippen molar-refractivity contribution in [2.75, 3.05) is 0 Å². The van der Waals surface area contributed by atoms with Gasteiger partial charge in [0.2, 0.25) is 0 Å². The fraction of sp³-hybridized carbons (Fsp3) is 1.00. The number of hydrogen-bond donors (Lipinski definition) is 2. The van der Waals surface area contributed by atoms with Crippen LogP contribution in [-0.4, -0.2) is 5.60 Å². The van der Waals surface area contributed by atoms with Crippen molar-refractivity contribution in [3.63, 3.8) is 0 Å². The summed E-state index contributed by atoms with van der Waals surface area (Å²) in [5.41, 5.74) is 0.0321. The van der Waals surface area contributed by atoms with Crippen LogP contribution in [0.15, 0.2) is 0 Å². The van der Waals surface area contributed by atoms with Crippen molar-refractivity contribution >= 4 is 31.0 Å². The predicted molar refractivity (Wildman–Crippen MR) is 73.4 cm³/mol. The summed E-state index contributed by atoms with van der Waals surface area (Å²) >= 11 is 8.50. The standard InChI is InChI=1S/C10H23OPS2/c1-4-7-8-9-10(5-2,6-3)11-12(13)14/h13-14H,4-9H2,1-3H3. The van der Waals surface area contributed by atoms with E-state index in [1.54, 1.807) is 0 Å². The lowest BCUT2D eigenvalue weighted by molar-refractivity contribution is 0.0683. The second-order valence-electron chi connectivity index (χ2n) is 3.69. The van der Waals surface area contributed by atoms with Crippen molar-refractivity contribution in [2.24, 2.45) is 0 Å². The molecular weight excluding hydrogens is 231 g/mol. The molecule has 0 bridgehead atoms. The molecule has 0 radical (unpaired) electrons. The van der Waals surface area contributed by atoms with Gasteiger partial charge in [-0.05, 0) is 19.3 Å². The van der Waals surface area contributed by atoms with Crippen molar-refractivity contribution < 1.29 is 4.52 Å². The van der Waals surface area contributed by atoms with Gasteiger partial charge in [-0.3, -0.25) is 0 Å². The number of rotatable bonds is 8. The van der Waals surface area contributed by atoms with E-state index in [1.165, 1.54) is 19.3 Å². The van der Waals surface area contributed by atoms with E-state index in [-0.39, 0.29) is 5.60 Å². The molecule has 0 saturated heterocycles. The molecule has 0 aromatic rings. The maximum atomic E-state index is 5.88. The van der Waals surface area contributed by atoms with Crippen molar-refractivity contribution in [1.29, 1.82) is 0 Å². The Kier molecular flexibility index (Phi) is 8.91. The lowest BCUT2D eigenvalue weighted by Gasteiger charge is -2.32. The first-order chi connectivity index (χ1) is 6.60. The second kappa shape index (κ2) is 8.27. The van der Waals surface area contributed by atoms with Gasteiger partial charge in [0.05, 0.1) is 5.60 Å². The van der Waals surface area contributed by atoms with Crippen LogP contribution in [0.3, 0.4) is 0 Å². The molecule has 1 nitrogen and oxygen atoms in total. The lowest BCUT2D eigenvalue weighted by Crippen LogP contribution is -2.28. The minimum atomic E-state index is -0.832. The molecule has 0 heterocycles. The van der Waals surface area contributed by atoms with Crippen LogP contribution in [0.1, 0.15) is 59.3 Å². The summed E-state index contributed by atoms with van der Waals surface area (Å²) in [7, 11) is 0. The summed E-state index contributed by atoms with van der Waals surface area (Å²) < 4.78 is 5.88. The van der Waals surface area contributed by atoms with Crippen molar-refractivity contribution in [3.8, 4) is 0 Å². The van der Waals surface area contributed by atoms with Crippen molar-refractivity contribution in [3.05, 3.63) is 0 Å². The maximum absolute atomic E-state index is 5.88. The highest BCUT2D eigenvalue weighted by molar-refractivity contribution is 8.76. The normalized spacial score (nSPS) is 12.4. The van der Waals surface area contributed by atoms with Gasteiger partial charge in [0.15, 0.2) is 0 Å². The minimum Gasteiger partial charge on any atom is -0.333 e. The van der Waals surface area contributed by atoms with Crippen molar-refractivity contribution in [1.82, 2.24) is 0 Å². The van der Waals surface area contributed by atoms with Crippen LogP contribution in [0.2, 0.25) is 0 Å². The molecule has 0 spiro atoms. The van der Waals surface area contributed by atoms with E-state index in [2.05, 4.69) is 45.3 Å². The van der Waals surface area contributed by atoms with E-state index in [0.29, 0.717) is 0 Å². The lowest BCUT2D eigenvalue weighted by atomic mass is 9.91. The third-order valence-corrected chi connectivity index (χ3v) is 3.84. The van der Waals surface area contributed by atoms with Crippen molar-refractivity contribution in [2.45, 2.75) is 64.9 Å². The van der Waals surface area contributed by atoms with Crippen LogP contribution >= 0.6 is 31.0 Å². The van der Waals surface area contributed by atoms with Gasteiger partial charge < -0.3 is 4.52 Å². The molecule has 0 aromatic carbocycles. The first kappa shape index (κ1) is 15.1. The summed E-state index contributed by atoms with van der Waals surface area (Å²) in [5.74, 6) is 0. The molecule has 0 rings (SSSR count). The topological polar surface area (TPSA) is 9.23 Å². The van der Waals surface area contributed by atoms with Gasteiger partial charge in [0.1, 0.15) is 6.55 Å². The summed E-state index contributed by atoms with van der Waals surface area (Å²) in [6.45, 7) is 5.78.